The molecule has 25 heavy (non-hydrogen) atoms. The summed E-state index contributed by atoms with van der Waals surface area (Å²) in [4.78, 5) is 12.8. The van der Waals surface area contributed by atoms with E-state index in [0.717, 1.165) is 11.3 Å². The summed E-state index contributed by atoms with van der Waals surface area (Å²) >= 11 is 7.45. The van der Waals surface area contributed by atoms with Gasteiger partial charge in [0.05, 0.1) is 17.7 Å². The maximum atomic E-state index is 12.1. The summed E-state index contributed by atoms with van der Waals surface area (Å²) in [6, 6.07) is 15.2. The topological polar surface area (TPSA) is 50.4 Å². The fraction of sp³-hybridized carbons (Fsp3) is 0.105. The molecule has 0 radical (unpaired) electrons. The second-order valence-electron chi connectivity index (χ2n) is 5.26. The molecule has 0 aromatic heterocycles. The van der Waals surface area contributed by atoms with Crippen molar-refractivity contribution >= 4 is 41.0 Å². The quantitative estimate of drug-likeness (QED) is 0.758. The summed E-state index contributed by atoms with van der Waals surface area (Å²) in [5, 5.41) is 6.71. The van der Waals surface area contributed by atoms with Gasteiger partial charge in [0.15, 0.2) is 5.50 Å². The van der Waals surface area contributed by atoms with Gasteiger partial charge in [0, 0.05) is 5.02 Å². The fourth-order valence-electron chi connectivity index (χ4n) is 2.33. The standard InChI is InChI=1S/C19H17ClN2O2S/c1-24-16-11-10-14(20)12-15(16)21-19-22-18(23)17(25-19)9-5-8-13-6-3-2-4-7-13/h2-12,19,21H,1H3,(H,22,23)/b8-5+,17-9-. The number of rotatable bonds is 5. The maximum Gasteiger partial charge on any atom is 0.260 e. The van der Waals surface area contributed by atoms with Crippen LogP contribution in [0.25, 0.3) is 6.08 Å². The van der Waals surface area contributed by atoms with Crippen molar-refractivity contribution in [2.75, 3.05) is 12.4 Å². The molecule has 0 saturated carbocycles. The number of benzene rings is 2. The molecule has 1 saturated heterocycles. The molecule has 1 heterocycles. The summed E-state index contributed by atoms with van der Waals surface area (Å²) in [6.07, 6.45) is 5.64. The number of carbonyl (C=O) groups excluding carboxylic acids is 1. The summed E-state index contributed by atoms with van der Waals surface area (Å²) in [6.45, 7) is 0. The molecule has 0 spiro atoms. The van der Waals surface area contributed by atoms with Gasteiger partial charge in [-0.3, -0.25) is 4.79 Å². The van der Waals surface area contributed by atoms with E-state index >= 15 is 0 Å². The maximum absolute atomic E-state index is 12.1. The molecule has 1 aliphatic rings. The van der Waals surface area contributed by atoms with E-state index in [1.54, 1.807) is 25.3 Å². The van der Waals surface area contributed by atoms with Crippen molar-refractivity contribution in [2.24, 2.45) is 0 Å². The normalized spacial score (nSPS) is 18.6. The van der Waals surface area contributed by atoms with E-state index in [9.17, 15) is 4.79 Å². The summed E-state index contributed by atoms with van der Waals surface area (Å²) in [5.74, 6) is 0.557. The molecular formula is C19H17ClN2O2S. The first-order valence-electron chi connectivity index (χ1n) is 7.67. The van der Waals surface area contributed by atoms with E-state index in [1.165, 1.54) is 11.8 Å². The van der Waals surface area contributed by atoms with Crippen LogP contribution in [0.15, 0.2) is 65.6 Å². The Bertz CT molecular complexity index is 821. The van der Waals surface area contributed by atoms with Crippen LogP contribution in [0.4, 0.5) is 5.69 Å². The summed E-state index contributed by atoms with van der Waals surface area (Å²) in [5.41, 5.74) is 1.53. The van der Waals surface area contributed by atoms with Gasteiger partial charge in [-0.1, -0.05) is 65.8 Å². The molecule has 6 heteroatoms. The van der Waals surface area contributed by atoms with E-state index in [-0.39, 0.29) is 11.4 Å². The molecule has 2 N–H and O–H groups in total. The van der Waals surface area contributed by atoms with Crippen LogP contribution >= 0.6 is 23.4 Å². The Morgan fingerprint density at radius 2 is 2.04 bits per heavy atom. The van der Waals surface area contributed by atoms with Crippen molar-refractivity contribution in [2.45, 2.75) is 5.50 Å². The third-order valence-electron chi connectivity index (χ3n) is 3.51. The lowest BCUT2D eigenvalue weighted by Gasteiger charge is -2.15. The van der Waals surface area contributed by atoms with Crippen LogP contribution in [0.2, 0.25) is 5.02 Å². The van der Waals surface area contributed by atoms with Crippen LogP contribution in [0.3, 0.4) is 0 Å². The number of anilines is 1. The van der Waals surface area contributed by atoms with Crippen LogP contribution in [-0.2, 0) is 4.79 Å². The average Bonchev–Trinajstić information content (AvgIpc) is 2.95. The SMILES string of the molecule is COc1ccc(Cl)cc1NC1NC(=O)/C(=C/C=C/c2ccccc2)S1. The molecule has 1 aliphatic heterocycles. The molecule has 2 aromatic carbocycles. The highest BCUT2D eigenvalue weighted by atomic mass is 35.5. The number of methoxy groups -OCH3 is 1. The monoisotopic (exact) mass is 372 g/mol. The minimum atomic E-state index is -0.281. The number of hydrogen-bond acceptors (Lipinski definition) is 4. The average molecular weight is 373 g/mol. The first kappa shape index (κ1) is 17.5. The van der Waals surface area contributed by atoms with Crippen molar-refractivity contribution < 1.29 is 9.53 Å². The van der Waals surface area contributed by atoms with Gasteiger partial charge in [-0.15, -0.1) is 0 Å². The smallest absolute Gasteiger partial charge is 0.260 e. The lowest BCUT2D eigenvalue weighted by molar-refractivity contribution is -0.116. The second kappa shape index (κ2) is 8.14. The van der Waals surface area contributed by atoms with E-state index in [0.29, 0.717) is 15.7 Å². The Morgan fingerprint density at radius 3 is 2.80 bits per heavy atom. The molecule has 128 valence electrons. The Morgan fingerprint density at radius 1 is 1.24 bits per heavy atom. The highest BCUT2D eigenvalue weighted by Gasteiger charge is 2.27. The fourth-order valence-corrected chi connectivity index (χ4v) is 3.43. The molecule has 2 aromatic rings. The molecule has 4 nitrogen and oxygen atoms in total. The van der Waals surface area contributed by atoms with Crippen LogP contribution in [0.5, 0.6) is 5.75 Å². The van der Waals surface area contributed by atoms with Gasteiger partial charge < -0.3 is 15.4 Å². The van der Waals surface area contributed by atoms with E-state index in [4.69, 9.17) is 16.3 Å². The van der Waals surface area contributed by atoms with Gasteiger partial charge in [0.25, 0.3) is 5.91 Å². The minimum absolute atomic E-state index is 0.110. The van der Waals surface area contributed by atoms with Gasteiger partial charge >= 0.3 is 0 Å². The number of nitrogens with one attached hydrogen (secondary N) is 2. The Kier molecular flexibility index (Phi) is 5.68. The Balaban J connectivity index is 1.67. The van der Waals surface area contributed by atoms with Gasteiger partial charge in [0.1, 0.15) is 5.75 Å². The van der Waals surface area contributed by atoms with E-state index in [2.05, 4.69) is 10.6 Å². The van der Waals surface area contributed by atoms with Crippen molar-refractivity contribution in [1.29, 1.82) is 0 Å². The number of carbonyl (C=O) groups is 1. The number of ether oxygens (including phenoxy) is 1. The van der Waals surface area contributed by atoms with Gasteiger partial charge in [-0.05, 0) is 29.8 Å². The molecule has 1 atom stereocenters. The van der Waals surface area contributed by atoms with Crippen LogP contribution in [-0.4, -0.2) is 18.5 Å². The van der Waals surface area contributed by atoms with Crippen LogP contribution < -0.4 is 15.4 Å². The van der Waals surface area contributed by atoms with Gasteiger partial charge in [0.2, 0.25) is 0 Å². The predicted octanol–water partition coefficient (Wildman–Crippen LogP) is 4.50. The molecular weight excluding hydrogens is 356 g/mol. The number of halogens is 1. The predicted molar refractivity (Wildman–Crippen MR) is 105 cm³/mol. The van der Waals surface area contributed by atoms with E-state index in [1.807, 2.05) is 48.6 Å². The Labute approximate surface area is 155 Å². The lowest BCUT2D eigenvalue weighted by Crippen LogP contribution is -2.31. The minimum Gasteiger partial charge on any atom is -0.495 e. The zero-order valence-electron chi connectivity index (χ0n) is 13.5. The lowest BCUT2D eigenvalue weighted by atomic mass is 10.2. The number of allylic oxidation sites excluding steroid dienone is 2. The van der Waals surface area contributed by atoms with Crippen LogP contribution in [0, 0.1) is 0 Å². The largest absolute Gasteiger partial charge is 0.495 e. The first-order chi connectivity index (χ1) is 12.2. The molecule has 1 amide bonds. The van der Waals surface area contributed by atoms with Crippen molar-refractivity contribution in [3.8, 4) is 5.75 Å². The summed E-state index contributed by atoms with van der Waals surface area (Å²) < 4.78 is 5.31. The van der Waals surface area contributed by atoms with Crippen molar-refractivity contribution in [3.63, 3.8) is 0 Å². The molecule has 1 unspecified atom stereocenters. The number of amides is 1. The molecule has 0 bridgehead atoms. The second-order valence-corrected chi connectivity index (χ2v) is 6.84. The molecule has 0 aliphatic carbocycles. The van der Waals surface area contributed by atoms with Gasteiger partial charge in [-0.25, -0.2) is 0 Å². The van der Waals surface area contributed by atoms with E-state index < -0.39 is 0 Å². The zero-order chi connectivity index (χ0) is 17.6. The number of thioether (sulfide) groups is 1. The molecule has 3 rings (SSSR count). The third kappa shape index (κ3) is 4.59. The third-order valence-corrected chi connectivity index (χ3v) is 4.80. The van der Waals surface area contributed by atoms with Crippen LogP contribution in [0.1, 0.15) is 5.56 Å². The summed E-state index contributed by atoms with van der Waals surface area (Å²) in [7, 11) is 1.59. The number of hydrogen-bond donors (Lipinski definition) is 2. The zero-order valence-corrected chi connectivity index (χ0v) is 15.1. The molecule has 1 fully saturated rings. The highest BCUT2D eigenvalue weighted by Crippen LogP contribution is 2.33. The van der Waals surface area contributed by atoms with Crippen molar-refractivity contribution in [3.05, 3.63) is 76.2 Å². The Hall–Kier alpha value is -2.37. The highest BCUT2D eigenvalue weighted by molar-refractivity contribution is 8.05. The van der Waals surface area contributed by atoms with Crippen molar-refractivity contribution in [1.82, 2.24) is 5.32 Å². The first-order valence-corrected chi connectivity index (χ1v) is 8.92. The van der Waals surface area contributed by atoms with Gasteiger partial charge in [-0.2, -0.15) is 0 Å².